The number of hydrogen-bond donors (Lipinski definition) is 1. The Labute approximate surface area is 163 Å². The summed E-state index contributed by atoms with van der Waals surface area (Å²) in [4.78, 5) is 29.2. The van der Waals surface area contributed by atoms with Crippen molar-refractivity contribution in [1.82, 2.24) is 15.0 Å². The molecule has 2 rings (SSSR count). The van der Waals surface area contributed by atoms with Crippen LogP contribution in [0, 0.1) is 0 Å². The molecule has 1 aromatic heterocycles. The number of carboxylic acids is 1. The van der Waals surface area contributed by atoms with Crippen molar-refractivity contribution in [1.29, 1.82) is 0 Å². The molecular formula is C19H24ClN3O4. The molecule has 0 unspecified atom stereocenters. The number of aromatic nitrogens is 2. The van der Waals surface area contributed by atoms with Gasteiger partial charge in [-0.3, -0.25) is 9.59 Å². The zero-order valence-corrected chi connectivity index (χ0v) is 16.5. The average molecular weight is 394 g/mol. The standard InChI is InChI=1S/C19H24ClN3O4/c1-19(2,3)18-21-15(27-22-18)5-4-6-16(24)23(12-17(25)26)11-13-7-9-14(20)10-8-13/h7-10H,4-6,11-12H2,1-3H3,(H,25,26). The highest BCUT2D eigenvalue weighted by Crippen LogP contribution is 2.19. The van der Waals surface area contributed by atoms with Crippen LogP contribution in [0.3, 0.4) is 0 Å². The molecule has 8 heteroatoms. The number of halogens is 1. The highest BCUT2D eigenvalue weighted by Gasteiger charge is 2.21. The van der Waals surface area contributed by atoms with Gasteiger partial charge >= 0.3 is 5.97 Å². The van der Waals surface area contributed by atoms with E-state index in [2.05, 4.69) is 10.1 Å². The number of aryl methyl sites for hydroxylation is 1. The number of carboxylic acid groups (broad SMARTS) is 1. The molecule has 1 amide bonds. The van der Waals surface area contributed by atoms with Gasteiger partial charge in [0.1, 0.15) is 6.54 Å². The van der Waals surface area contributed by atoms with Crippen LogP contribution in [0.4, 0.5) is 0 Å². The van der Waals surface area contributed by atoms with Crippen LogP contribution in [0.25, 0.3) is 0 Å². The van der Waals surface area contributed by atoms with Crippen molar-refractivity contribution in [3.63, 3.8) is 0 Å². The van der Waals surface area contributed by atoms with E-state index in [1.54, 1.807) is 24.3 Å². The predicted molar refractivity (Wildman–Crippen MR) is 100 cm³/mol. The number of hydrogen-bond acceptors (Lipinski definition) is 5. The molecule has 0 saturated heterocycles. The summed E-state index contributed by atoms with van der Waals surface area (Å²) >= 11 is 5.86. The van der Waals surface area contributed by atoms with E-state index in [0.717, 1.165) is 5.56 Å². The summed E-state index contributed by atoms with van der Waals surface area (Å²) in [7, 11) is 0. The third-order valence-electron chi connectivity index (χ3n) is 3.89. The summed E-state index contributed by atoms with van der Waals surface area (Å²) in [5.41, 5.74) is 0.620. The quantitative estimate of drug-likeness (QED) is 0.737. The smallest absolute Gasteiger partial charge is 0.323 e. The summed E-state index contributed by atoms with van der Waals surface area (Å²) in [6, 6.07) is 6.97. The van der Waals surface area contributed by atoms with E-state index in [0.29, 0.717) is 29.6 Å². The first-order chi connectivity index (χ1) is 12.6. The number of carbonyl (C=O) groups excluding carboxylic acids is 1. The molecule has 27 heavy (non-hydrogen) atoms. The summed E-state index contributed by atoms with van der Waals surface area (Å²) < 4.78 is 5.21. The molecule has 0 aliphatic rings. The molecule has 0 bridgehead atoms. The molecule has 0 saturated carbocycles. The van der Waals surface area contributed by atoms with Crippen LogP contribution in [-0.4, -0.2) is 38.6 Å². The first-order valence-electron chi connectivity index (χ1n) is 8.72. The van der Waals surface area contributed by atoms with Crippen molar-refractivity contribution in [2.75, 3.05) is 6.54 Å². The number of aliphatic carboxylic acids is 1. The van der Waals surface area contributed by atoms with Crippen LogP contribution in [0.5, 0.6) is 0 Å². The van der Waals surface area contributed by atoms with Gasteiger partial charge in [-0.15, -0.1) is 0 Å². The number of amides is 1. The maximum absolute atomic E-state index is 12.5. The summed E-state index contributed by atoms with van der Waals surface area (Å²) in [5, 5.41) is 13.6. The highest BCUT2D eigenvalue weighted by atomic mass is 35.5. The Bertz CT molecular complexity index is 781. The van der Waals surface area contributed by atoms with Crippen molar-refractivity contribution < 1.29 is 19.2 Å². The Morgan fingerprint density at radius 1 is 1.22 bits per heavy atom. The third-order valence-corrected chi connectivity index (χ3v) is 4.14. The van der Waals surface area contributed by atoms with E-state index in [1.807, 2.05) is 20.8 Å². The van der Waals surface area contributed by atoms with Crippen molar-refractivity contribution in [2.24, 2.45) is 0 Å². The SMILES string of the molecule is CC(C)(C)c1noc(CCCC(=O)N(CC(=O)O)Cc2ccc(Cl)cc2)n1. The number of benzene rings is 1. The Hall–Kier alpha value is -2.41. The molecule has 1 heterocycles. The zero-order valence-electron chi connectivity index (χ0n) is 15.7. The molecule has 0 radical (unpaired) electrons. The molecule has 0 aliphatic carbocycles. The van der Waals surface area contributed by atoms with Crippen LogP contribution in [-0.2, 0) is 28.0 Å². The second-order valence-corrected chi connectivity index (χ2v) is 7.82. The van der Waals surface area contributed by atoms with Crippen LogP contribution >= 0.6 is 11.6 Å². The van der Waals surface area contributed by atoms with Crippen LogP contribution in [0.1, 0.15) is 50.9 Å². The van der Waals surface area contributed by atoms with Gasteiger partial charge in [0.05, 0.1) is 0 Å². The first kappa shape index (κ1) is 20.9. The third kappa shape index (κ3) is 6.67. The molecule has 146 valence electrons. The van der Waals surface area contributed by atoms with Crippen molar-refractivity contribution in [3.8, 4) is 0 Å². The van der Waals surface area contributed by atoms with Gasteiger partial charge in [0, 0.05) is 29.8 Å². The molecule has 0 spiro atoms. The Kier molecular flexibility index (Phi) is 6.96. The molecule has 1 aromatic carbocycles. The van der Waals surface area contributed by atoms with E-state index in [4.69, 9.17) is 21.2 Å². The highest BCUT2D eigenvalue weighted by molar-refractivity contribution is 6.30. The van der Waals surface area contributed by atoms with Gasteiger partial charge in [-0.25, -0.2) is 0 Å². The lowest BCUT2D eigenvalue weighted by Gasteiger charge is -2.21. The molecule has 7 nitrogen and oxygen atoms in total. The average Bonchev–Trinajstić information content (AvgIpc) is 3.05. The largest absolute Gasteiger partial charge is 0.480 e. The summed E-state index contributed by atoms with van der Waals surface area (Å²) in [6.45, 7) is 5.84. The topological polar surface area (TPSA) is 96.5 Å². The van der Waals surface area contributed by atoms with E-state index >= 15 is 0 Å². The Balaban J connectivity index is 1.92. The molecular weight excluding hydrogens is 370 g/mol. The van der Waals surface area contributed by atoms with Gasteiger partial charge in [0.25, 0.3) is 0 Å². The second-order valence-electron chi connectivity index (χ2n) is 7.39. The Morgan fingerprint density at radius 3 is 2.44 bits per heavy atom. The maximum atomic E-state index is 12.5. The van der Waals surface area contributed by atoms with Crippen molar-refractivity contribution in [3.05, 3.63) is 46.6 Å². The lowest BCUT2D eigenvalue weighted by Crippen LogP contribution is -2.35. The molecule has 0 aliphatic heterocycles. The van der Waals surface area contributed by atoms with Gasteiger partial charge in [0.15, 0.2) is 5.82 Å². The fourth-order valence-corrected chi connectivity index (χ4v) is 2.54. The minimum absolute atomic E-state index is 0.200. The lowest BCUT2D eigenvalue weighted by atomic mass is 9.96. The minimum Gasteiger partial charge on any atom is -0.480 e. The van der Waals surface area contributed by atoms with Gasteiger partial charge in [-0.1, -0.05) is 49.7 Å². The fourth-order valence-electron chi connectivity index (χ4n) is 2.42. The predicted octanol–water partition coefficient (Wildman–Crippen LogP) is 3.46. The molecule has 0 fully saturated rings. The van der Waals surface area contributed by atoms with Crippen LogP contribution in [0.2, 0.25) is 5.02 Å². The summed E-state index contributed by atoms with van der Waals surface area (Å²) in [6.07, 6.45) is 1.17. The molecule has 0 atom stereocenters. The lowest BCUT2D eigenvalue weighted by molar-refractivity contribution is -0.145. The van der Waals surface area contributed by atoms with Gasteiger partial charge in [-0.05, 0) is 24.1 Å². The Morgan fingerprint density at radius 2 is 1.89 bits per heavy atom. The molecule has 1 N–H and O–H groups in total. The zero-order chi connectivity index (χ0) is 20.0. The normalized spacial score (nSPS) is 11.4. The maximum Gasteiger partial charge on any atom is 0.323 e. The van der Waals surface area contributed by atoms with Crippen molar-refractivity contribution in [2.45, 2.75) is 52.0 Å². The van der Waals surface area contributed by atoms with Crippen LogP contribution < -0.4 is 0 Å². The summed E-state index contributed by atoms with van der Waals surface area (Å²) in [5.74, 6) is -0.179. The number of rotatable bonds is 8. The number of nitrogens with zero attached hydrogens (tertiary/aromatic N) is 3. The van der Waals surface area contributed by atoms with Crippen LogP contribution in [0.15, 0.2) is 28.8 Å². The molecule has 2 aromatic rings. The monoisotopic (exact) mass is 393 g/mol. The van der Waals surface area contributed by atoms with Gasteiger partial charge < -0.3 is 14.5 Å². The fraction of sp³-hybridized carbons (Fsp3) is 0.474. The van der Waals surface area contributed by atoms with E-state index in [-0.39, 0.29) is 30.8 Å². The van der Waals surface area contributed by atoms with Crippen molar-refractivity contribution >= 4 is 23.5 Å². The number of carbonyl (C=O) groups is 2. The minimum atomic E-state index is -1.05. The first-order valence-corrected chi connectivity index (χ1v) is 9.10. The second kappa shape index (κ2) is 8.99. The van der Waals surface area contributed by atoms with E-state index < -0.39 is 5.97 Å². The van der Waals surface area contributed by atoms with E-state index in [1.165, 1.54) is 4.90 Å². The van der Waals surface area contributed by atoms with E-state index in [9.17, 15) is 9.59 Å². The van der Waals surface area contributed by atoms with Gasteiger partial charge in [0.2, 0.25) is 11.8 Å². The van der Waals surface area contributed by atoms with Gasteiger partial charge in [-0.2, -0.15) is 4.98 Å².